The number of aryl methyl sites for hydroxylation is 1. The summed E-state index contributed by atoms with van der Waals surface area (Å²) in [7, 11) is 0. The number of hydrogen-bond acceptors (Lipinski definition) is 4. The highest BCUT2D eigenvalue weighted by Gasteiger charge is 2.08. The molecule has 0 aliphatic rings. The van der Waals surface area contributed by atoms with Crippen molar-refractivity contribution in [2.75, 3.05) is 11.9 Å². The van der Waals surface area contributed by atoms with Gasteiger partial charge < -0.3 is 11.1 Å². The van der Waals surface area contributed by atoms with Gasteiger partial charge in [-0.25, -0.2) is 9.37 Å². The van der Waals surface area contributed by atoms with Crippen LogP contribution in [0.3, 0.4) is 0 Å². The molecule has 1 heterocycles. The number of carbonyl (C=O) groups excluding carboxylic acids is 1. The van der Waals surface area contributed by atoms with Gasteiger partial charge in [-0.05, 0) is 37.1 Å². The predicted molar refractivity (Wildman–Crippen MR) is 83.0 cm³/mol. The molecule has 21 heavy (non-hydrogen) atoms. The molecule has 1 aromatic heterocycles. The molecule has 1 aromatic carbocycles. The number of nitrogens with one attached hydrogen (secondary N) is 1. The Morgan fingerprint density at radius 2 is 2.29 bits per heavy atom. The Morgan fingerprint density at radius 1 is 1.48 bits per heavy atom. The van der Waals surface area contributed by atoms with E-state index in [1.54, 1.807) is 19.2 Å². The molecule has 4 nitrogen and oxygen atoms in total. The minimum atomic E-state index is -0.202. The van der Waals surface area contributed by atoms with Gasteiger partial charge in [0.1, 0.15) is 5.82 Å². The number of benzene rings is 1. The highest BCUT2D eigenvalue weighted by molar-refractivity contribution is 7.15. The second-order valence-electron chi connectivity index (χ2n) is 4.83. The third kappa shape index (κ3) is 4.61. The fourth-order valence-electron chi connectivity index (χ4n) is 1.84. The Kier molecular flexibility index (Phi) is 5.41. The van der Waals surface area contributed by atoms with Gasteiger partial charge in [0.15, 0.2) is 5.13 Å². The number of rotatable bonds is 6. The van der Waals surface area contributed by atoms with Gasteiger partial charge in [-0.2, -0.15) is 0 Å². The molecule has 0 saturated carbocycles. The van der Waals surface area contributed by atoms with Gasteiger partial charge in [0.25, 0.3) is 0 Å². The predicted octanol–water partition coefficient (Wildman–Crippen LogP) is 2.86. The zero-order valence-corrected chi connectivity index (χ0v) is 12.7. The lowest BCUT2D eigenvalue weighted by Gasteiger charge is -2.01. The lowest BCUT2D eigenvalue weighted by molar-refractivity contribution is -0.116. The van der Waals surface area contributed by atoms with Gasteiger partial charge >= 0.3 is 0 Å². The molecule has 0 aliphatic carbocycles. The molecule has 0 fully saturated rings. The molecule has 0 saturated heterocycles. The first-order valence-corrected chi connectivity index (χ1v) is 7.60. The summed E-state index contributed by atoms with van der Waals surface area (Å²) in [4.78, 5) is 16.7. The fourth-order valence-corrected chi connectivity index (χ4v) is 2.70. The monoisotopic (exact) mass is 307 g/mol. The Bertz CT molecular complexity index is 627. The zero-order valence-electron chi connectivity index (χ0n) is 11.9. The van der Waals surface area contributed by atoms with Crippen molar-refractivity contribution in [3.8, 4) is 0 Å². The van der Waals surface area contributed by atoms with Crippen molar-refractivity contribution in [3.05, 3.63) is 46.2 Å². The van der Waals surface area contributed by atoms with E-state index in [4.69, 9.17) is 5.73 Å². The standard InChI is InChI=1S/C15H18FN3OS/c1-10-4-5-11(8-13(10)16)7-12-9-18-15(21-12)19-14(20)3-2-6-17/h4-5,8-9H,2-3,6-7,17H2,1H3,(H,18,19,20). The summed E-state index contributed by atoms with van der Waals surface area (Å²) in [6, 6.07) is 5.20. The van der Waals surface area contributed by atoms with Gasteiger partial charge in [-0.15, -0.1) is 11.3 Å². The maximum atomic E-state index is 13.5. The first kappa shape index (κ1) is 15.6. The molecular weight excluding hydrogens is 289 g/mol. The fraction of sp³-hybridized carbons (Fsp3) is 0.333. The second kappa shape index (κ2) is 7.28. The maximum absolute atomic E-state index is 13.5. The van der Waals surface area contributed by atoms with Crippen molar-refractivity contribution in [2.24, 2.45) is 5.73 Å². The Morgan fingerprint density at radius 3 is 3.00 bits per heavy atom. The summed E-state index contributed by atoms with van der Waals surface area (Å²) in [6.45, 7) is 2.23. The Labute approximate surface area is 127 Å². The number of halogens is 1. The number of nitrogens with two attached hydrogens (primary N) is 1. The first-order chi connectivity index (χ1) is 10.1. The van der Waals surface area contributed by atoms with Crippen molar-refractivity contribution in [1.82, 2.24) is 4.98 Å². The van der Waals surface area contributed by atoms with Crippen LogP contribution in [0.1, 0.15) is 28.8 Å². The van der Waals surface area contributed by atoms with Crippen molar-refractivity contribution in [3.63, 3.8) is 0 Å². The van der Waals surface area contributed by atoms with Crippen LogP contribution in [0, 0.1) is 12.7 Å². The molecule has 0 atom stereocenters. The van der Waals surface area contributed by atoms with Crippen LogP contribution in [-0.2, 0) is 11.2 Å². The van der Waals surface area contributed by atoms with Gasteiger partial charge in [0, 0.05) is 23.9 Å². The Hall–Kier alpha value is -1.79. The molecule has 0 aliphatic heterocycles. The van der Waals surface area contributed by atoms with E-state index in [-0.39, 0.29) is 11.7 Å². The number of thiazole rings is 1. The van der Waals surface area contributed by atoms with Gasteiger partial charge in [0.2, 0.25) is 5.91 Å². The van der Waals surface area contributed by atoms with Crippen molar-refractivity contribution in [1.29, 1.82) is 0 Å². The number of nitrogens with zero attached hydrogens (tertiary/aromatic N) is 1. The maximum Gasteiger partial charge on any atom is 0.226 e. The third-order valence-electron chi connectivity index (χ3n) is 3.02. The molecular formula is C15H18FN3OS. The topological polar surface area (TPSA) is 68.0 Å². The number of carbonyl (C=O) groups is 1. The third-order valence-corrected chi connectivity index (χ3v) is 3.94. The number of amides is 1. The van der Waals surface area contributed by atoms with Crippen LogP contribution >= 0.6 is 11.3 Å². The van der Waals surface area contributed by atoms with Gasteiger partial charge in [-0.3, -0.25) is 4.79 Å². The second-order valence-corrected chi connectivity index (χ2v) is 5.95. The molecule has 0 bridgehead atoms. The molecule has 0 spiro atoms. The summed E-state index contributed by atoms with van der Waals surface area (Å²) in [5, 5.41) is 3.31. The number of anilines is 1. The number of hydrogen-bond donors (Lipinski definition) is 2. The first-order valence-electron chi connectivity index (χ1n) is 6.78. The van der Waals surface area contributed by atoms with E-state index in [1.165, 1.54) is 17.4 Å². The smallest absolute Gasteiger partial charge is 0.226 e. The molecule has 0 unspecified atom stereocenters. The van der Waals surface area contributed by atoms with Crippen LogP contribution in [0.15, 0.2) is 24.4 Å². The van der Waals surface area contributed by atoms with Crippen LogP contribution in [0.4, 0.5) is 9.52 Å². The van der Waals surface area contributed by atoms with Crippen LogP contribution in [0.5, 0.6) is 0 Å². The summed E-state index contributed by atoms with van der Waals surface area (Å²) < 4.78 is 13.5. The Balaban J connectivity index is 1.96. The zero-order chi connectivity index (χ0) is 15.2. The summed E-state index contributed by atoms with van der Waals surface area (Å²) >= 11 is 1.40. The van der Waals surface area contributed by atoms with E-state index in [0.717, 1.165) is 10.4 Å². The molecule has 1 amide bonds. The summed E-state index contributed by atoms with van der Waals surface area (Å²) in [5.41, 5.74) is 6.89. The van der Waals surface area contributed by atoms with Gasteiger partial charge in [-0.1, -0.05) is 12.1 Å². The minimum Gasteiger partial charge on any atom is -0.330 e. The highest BCUT2D eigenvalue weighted by atomic mass is 32.1. The SMILES string of the molecule is Cc1ccc(Cc2cnc(NC(=O)CCCN)s2)cc1F. The van der Waals surface area contributed by atoms with E-state index < -0.39 is 0 Å². The van der Waals surface area contributed by atoms with Crippen LogP contribution < -0.4 is 11.1 Å². The van der Waals surface area contributed by atoms with Crippen molar-refractivity contribution in [2.45, 2.75) is 26.2 Å². The largest absolute Gasteiger partial charge is 0.330 e. The quantitative estimate of drug-likeness (QED) is 0.862. The van der Waals surface area contributed by atoms with Crippen molar-refractivity contribution >= 4 is 22.4 Å². The van der Waals surface area contributed by atoms with Crippen LogP contribution in [-0.4, -0.2) is 17.4 Å². The minimum absolute atomic E-state index is 0.0808. The molecule has 2 aromatic rings. The lowest BCUT2D eigenvalue weighted by Crippen LogP contribution is -2.13. The van der Waals surface area contributed by atoms with E-state index in [9.17, 15) is 9.18 Å². The van der Waals surface area contributed by atoms with E-state index in [0.29, 0.717) is 36.5 Å². The molecule has 112 valence electrons. The normalized spacial score (nSPS) is 10.6. The van der Waals surface area contributed by atoms with Crippen LogP contribution in [0.25, 0.3) is 0 Å². The molecule has 3 N–H and O–H groups in total. The van der Waals surface area contributed by atoms with Crippen molar-refractivity contribution < 1.29 is 9.18 Å². The van der Waals surface area contributed by atoms with E-state index in [2.05, 4.69) is 10.3 Å². The van der Waals surface area contributed by atoms with E-state index >= 15 is 0 Å². The summed E-state index contributed by atoms with van der Waals surface area (Å²) in [5.74, 6) is -0.282. The average molecular weight is 307 g/mol. The average Bonchev–Trinajstić information content (AvgIpc) is 2.88. The summed E-state index contributed by atoms with van der Waals surface area (Å²) in [6.07, 6.45) is 3.37. The molecule has 0 radical (unpaired) electrons. The van der Waals surface area contributed by atoms with E-state index in [1.807, 2.05) is 6.07 Å². The lowest BCUT2D eigenvalue weighted by atomic mass is 10.1. The molecule has 6 heteroatoms. The van der Waals surface area contributed by atoms with Gasteiger partial charge in [0.05, 0.1) is 0 Å². The number of aromatic nitrogens is 1. The van der Waals surface area contributed by atoms with Crippen LogP contribution in [0.2, 0.25) is 0 Å². The highest BCUT2D eigenvalue weighted by Crippen LogP contribution is 2.22. The molecule has 2 rings (SSSR count).